The largest absolute Gasteiger partial charge is 0.468 e. The zero-order valence-corrected chi connectivity index (χ0v) is 17.8. The highest BCUT2D eigenvalue weighted by Gasteiger charge is 2.60. The lowest BCUT2D eigenvalue weighted by Crippen LogP contribution is -2.63. The number of benzene rings is 1. The van der Waals surface area contributed by atoms with E-state index in [1.54, 1.807) is 0 Å². The van der Waals surface area contributed by atoms with Gasteiger partial charge in [0.15, 0.2) is 0 Å². The van der Waals surface area contributed by atoms with Gasteiger partial charge < -0.3 is 9.72 Å². The summed E-state index contributed by atoms with van der Waals surface area (Å²) < 4.78 is 37.0. The Kier molecular flexibility index (Phi) is 5.26. The molecule has 1 fully saturated rings. The molecule has 30 heavy (non-hydrogen) atoms. The predicted octanol–water partition coefficient (Wildman–Crippen LogP) is 2.52. The van der Waals surface area contributed by atoms with Crippen molar-refractivity contribution in [3.8, 4) is 0 Å². The van der Waals surface area contributed by atoms with Crippen LogP contribution in [0.2, 0.25) is 0 Å². The first-order valence-corrected chi connectivity index (χ1v) is 11.4. The Balaban J connectivity index is 0.000000393. The second kappa shape index (κ2) is 7.49. The van der Waals surface area contributed by atoms with Crippen molar-refractivity contribution in [1.82, 2.24) is 9.88 Å². The highest BCUT2D eigenvalue weighted by Crippen LogP contribution is 2.53. The van der Waals surface area contributed by atoms with Gasteiger partial charge in [0, 0.05) is 29.7 Å². The first kappa shape index (κ1) is 21.0. The van der Waals surface area contributed by atoms with E-state index in [-0.39, 0.29) is 12.0 Å². The van der Waals surface area contributed by atoms with Crippen molar-refractivity contribution >= 4 is 27.3 Å². The molecular weight excluding hydrogens is 408 g/mol. The number of carbonyl (C=O) groups is 1. The Morgan fingerprint density at radius 2 is 2.03 bits per heavy atom. The van der Waals surface area contributed by atoms with E-state index in [9.17, 15) is 4.79 Å². The number of methoxy groups -OCH3 is 1. The number of aromatic amines is 1. The van der Waals surface area contributed by atoms with E-state index in [2.05, 4.69) is 47.1 Å². The van der Waals surface area contributed by atoms with Gasteiger partial charge >= 0.3 is 16.4 Å². The average Bonchev–Trinajstić information content (AvgIpc) is 3.04. The van der Waals surface area contributed by atoms with Gasteiger partial charge in [0.05, 0.1) is 13.2 Å². The number of nitrogens with zero attached hydrogens (tertiary/aromatic N) is 1. The van der Waals surface area contributed by atoms with Crippen molar-refractivity contribution in [1.29, 1.82) is 0 Å². The average molecular weight is 435 g/mol. The van der Waals surface area contributed by atoms with E-state index in [4.69, 9.17) is 22.3 Å². The normalized spacial score (nSPS) is 29.3. The number of aromatic nitrogens is 1. The van der Waals surface area contributed by atoms with Crippen molar-refractivity contribution in [2.45, 2.75) is 37.6 Å². The Labute approximate surface area is 175 Å². The number of piperidine rings is 1. The fraction of sp³-hybridized carbons (Fsp3) is 0.476. The summed E-state index contributed by atoms with van der Waals surface area (Å²) in [7, 11) is -3.13. The van der Waals surface area contributed by atoms with Gasteiger partial charge in [-0.1, -0.05) is 36.8 Å². The zero-order chi connectivity index (χ0) is 21.7. The van der Waals surface area contributed by atoms with Crippen molar-refractivity contribution in [2.75, 3.05) is 20.2 Å². The van der Waals surface area contributed by atoms with E-state index >= 15 is 0 Å². The molecule has 1 unspecified atom stereocenters. The third-order valence-electron chi connectivity index (χ3n) is 6.55. The second-order valence-corrected chi connectivity index (χ2v) is 9.04. The third-order valence-corrected chi connectivity index (χ3v) is 6.55. The van der Waals surface area contributed by atoms with Crippen molar-refractivity contribution < 1.29 is 27.1 Å². The highest BCUT2D eigenvalue weighted by atomic mass is 32.3. The fourth-order valence-electron chi connectivity index (χ4n) is 5.71. The third kappa shape index (κ3) is 3.35. The Bertz CT molecular complexity index is 1110. The molecule has 162 valence electrons. The van der Waals surface area contributed by atoms with Crippen LogP contribution in [0.15, 0.2) is 35.9 Å². The number of carbonyl (C=O) groups excluding carboxylic acids is 1. The maximum atomic E-state index is 13.2. The van der Waals surface area contributed by atoms with Gasteiger partial charge in [-0.05, 0) is 36.8 Å². The van der Waals surface area contributed by atoms with Crippen molar-refractivity contribution in [2.24, 2.45) is 5.92 Å². The molecule has 1 saturated heterocycles. The molecule has 1 aliphatic carbocycles. The van der Waals surface area contributed by atoms with Gasteiger partial charge in [0.2, 0.25) is 0 Å². The van der Waals surface area contributed by atoms with E-state index in [0.717, 1.165) is 43.6 Å². The molecule has 2 aromatic rings. The molecule has 0 saturated carbocycles. The van der Waals surface area contributed by atoms with E-state index < -0.39 is 15.8 Å². The van der Waals surface area contributed by atoms with Gasteiger partial charge in [-0.25, -0.2) is 0 Å². The number of ether oxygens (including phenoxy) is 1. The molecule has 0 amide bonds. The van der Waals surface area contributed by atoms with Crippen LogP contribution in [0.25, 0.3) is 10.9 Å². The Morgan fingerprint density at radius 3 is 2.70 bits per heavy atom. The maximum Gasteiger partial charge on any atom is 0.394 e. The van der Waals surface area contributed by atoms with Gasteiger partial charge in [-0.3, -0.25) is 18.8 Å². The summed E-state index contributed by atoms with van der Waals surface area (Å²) in [6, 6.07) is 8.56. The SMILES string of the molecule is CCC1=C[C@@H]2CN3CCc4c([nH]c5ccccc45)[C@@](C(=O)OC)(C2)[C@@H]13.O=S(=O)(O)O. The van der Waals surface area contributed by atoms with Crippen LogP contribution in [0.3, 0.4) is 0 Å². The first-order valence-electron chi connectivity index (χ1n) is 10.0. The number of nitrogens with one attached hydrogen (secondary N) is 1. The molecule has 4 aliphatic rings. The van der Waals surface area contributed by atoms with E-state index in [0.29, 0.717) is 5.92 Å². The number of hydrogen-bond donors (Lipinski definition) is 3. The lowest BCUT2D eigenvalue weighted by Gasteiger charge is -2.53. The molecule has 3 aliphatic heterocycles. The minimum absolute atomic E-state index is 0.0824. The van der Waals surface area contributed by atoms with Gasteiger partial charge in [-0.2, -0.15) is 8.42 Å². The molecule has 1 aromatic carbocycles. The molecule has 1 aromatic heterocycles. The van der Waals surface area contributed by atoms with Gasteiger partial charge in [-0.15, -0.1) is 0 Å². The summed E-state index contributed by atoms with van der Waals surface area (Å²) in [4.78, 5) is 19.4. The topological polar surface area (TPSA) is 120 Å². The number of rotatable bonds is 2. The van der Waals surface area contributed by atoms with Crippen LogP contribution in [0.1, 0.15) is 31.0 Å². The molecule has 0 spiro atoms. The predicted molar refractivity (Wildman–Crippen MR) is 112 cm³/mol. The van der Waals surface area contributed by atoms with Gasteiger partial charge in [0.1, 0.15) is 5.41 Å². The summed E-state index contributed by atoms with van der Waals surface area (Å²) in [6.07, 6.45) is 5.25. The summed E-state index contributed by atoms with van der Waals surface area (Å²) in [5.74, 6) is 0.345. The van der Waals surface area contributed by atoms with Crippen LogP contribution in [0.5, 0.6) is 0 Å². The Morgan fingerprint density at radius 1 is 1.33 bits per heavy atom. The van der Waals surface area contributed by atoms with Crippen LogP contribution in [0, 0.1) is 5.92 Å². The van der Waals surface area contributed by atoms with Crippen LogP contribution < -0.4 is 0 Å². The van der Waals surface area contributed by atoms with E-state index in [1.807, 2.05) is 0 Å². The Hall–Kier alpha value is -2.20. The molecular formula is C21H26N2O6S. The summed E-state index contributed by atoms with van der Waals surface area (Å²) in [6.45, 7) is 4.28. The number of para-hydroxylation sites is 1. The van der Waals surface area contributed by atoms with E-state index in [1.165, 1.54) is 23.6 Å². The van der Waals surface area contributed by atoms with Crippen LogP contribution in [-0.2, 0) is 31.8 Å². The van der Waals surface area contributed by atoms with Crippen LogP contribution in [0.4, 0.5) is 0 Å². The minimum atomic E-state index is -4.67. The molecule has 4 atom stereocenters. The maximum absolute atomic E-state index is 13.2. The lowest BCUT2D eigenvalue weighted by atomic mass is 9.60. The van der Waals surface area contributed by atoms with Gasteiger partial charge in [0.25, 0.3) is 0 Å². The van der Waals surface area contributed by atoms with Crippen molar-refractivity contribution in [3.63, 3.8) is 0 Å². The second-order valence-electron chi connectivity index (χ2n) is 8.14. The van der Waals surface area contributed by atoms with Crippen molar-refractivity contribution in [3.05, 3.63) is 47.2 Å². The highest BCUT2D eigenvalue weighted by molar-refractivity contribution is 7.79. The minimum Gasteiger partial charge on any atom is -0.468 e. The quantitative estimate of drug-likeness (QED) is 0.377. The standard InChI is InChI=1S/C21H24N2O2.H2O4S/c1-3-14-10-13-11-21(20(24)25-2)18-16(8-9-23(12-13)19(14)21)15-6-4-5-7-17(15)22-18;1-5(2,3)4/h4-7,10,13,19,22H,3,8-9,11-12H2,1-2H3;(H2,1,2,3,4)/t13-,19+,21-;/m0./s1. The summed E-state index contributed by atoms with van der Waals surface area (Å²) in [5, 5.41) is 1.26. The first-order chi connectivity index (χ1) is 14.2. The smallest absolute Gasteiger partial charge is 0.394 e. The number of fused-ring (bicyclic) bond motifs is 3. The number of hydrogen-bond acceptors (Lipinski definition) is 5. The molecule has 9 heteroatoms. The molecule has 8 nitrogen and oxygen atoms in total. The summed E-state index contributed by atoms with van der Waals surface area (Å²) in [5.41, 5.74) is 4.36. The molecule has 3 N–H and O–H groups in total. The zero-order valence-electron chi connectivity index (χ0n) is 17.0. The fourth-order valence-corrected chi connectivity index (χ4v) is 5.71. The lowest BCUT2D eigenvalue weighted by molar-refractivity contribution is -0.154. The summed E-state index contributed by atoms with van der Waals surface area (Å²) >= 11 is 0. The monoisotopic (exact) mass is 434 g/mol. The van der Waals surface area contributed by atoms with Crippen LogP contribution in [-0.4, -0.2) is 59.6 Å². The molecule has 4 bridgehead atoms. The molecule has 6 rings (SSSR count). The molecule has 4 heterocycles. The number of esters is 1. The van der Waals surface area contributed by atoms with Crippen LogP contribution >= 0.6 is 0 Å². The number of H-pyrrole nitrogens is 1. The molecule has 0 radical (unpaired) electrons.